The Morgan fingerprint density at radius 2 is 2.06 bits per heavy atom. The zero-order valence-electron chi connectivity index (χ0n) is 18.7. The van der Waals surface area contributed by atoms with Gasteiger partial charge in [0, 0.05) is 5.56 Å². The van der Waals surface area contributed by atoms with E-state index in [1.54, 1.807) is 36.4 Å². The molecule has 1 amide bonds. The molecule has 35 heavy (non-hydrogen) atoms. The zero-order chi connectivity index (χ0) is 24.5. The van der Waals surface area contributed by atoms with E-state index >= 15 is 0 Å². The molecule has 2 aromatic carbocycles. The van der Waals surface area contributed by atoms with Gasteiger partial charge in [-0.2, -0.15) is 0 Å². The first-order chi connectivity index (χ1) is 17.0. The van der Waals surface area contributed by atoms with Crippen molar-refractivity contribution in [3.05, 3.63) is 83.6 Å². The van der Waals surface area contributed by atoms with Crippen LogP contribution in [0.15, 0.2) is 70.9 Å². The minimum atomic E-state index is -1.04. The highest BCUT2D eigenvalue weighted by atomic mass is 32.1. The number of aliphatic hydroxyl groups excluding tert-OH is 1. The highest BCUT2D eigenvalue weighted by Gasteiger charge is 2.49. The van der Waals surface area contributed by atoms with Gasteiger partial charge >= 0.3 is 5.91 Å². The topological polar surface area (TPSA) is 92.9 Å². The molecule has 0 aliphatic carbocycles. The van der Waals surface area contributed by atoms with Crippen molar-refractivity contribution in [3.8, 4) is 5.75 Å². The maximum atomic E-state index is 13.7. The lowest BCUT2D eigenvalue weighted by atomic mass is 9.99. The lowest BCUT2D eigenvalue weighted by Crippen LogP contribution is -2.29. The van der Waals surface area contributed by atoms with Crippen molar-refractivity contribution in [2.45, 2.75) is 25.8 Å². The molecule has 0 spiro atoms. The first kappa shape index (κ1) is 22.8. The van der Waals surface area contributed by atoms with Crippen LogP contribution < -0.4 is 9.64 Å². The predicted octanol–water partition coefficient (Wildman–Crippen LogP) is 5.83. The van der Waals surface area contributed by atoms with Crippen LogP contribution in [0.3, 0.4) is 0 Å². The summed E-state index contributed by atoms with van der Waals surface area (Å²) in [6, 6.07) is 13.0. The molecule has 1 N–H and O–H groups in total. The number of carbonyl (C=O) groups is 2. The number of aliphatic hydroxyl groups is 1. The zero-order valence-corrected chi connectivity index (χ0v) is 19.5. The summed E-state index contributed by atoms with van der Waals surface area (Å²) in [5.41, 5.74) is 0.699. The summed E-state index contributed by atoms with van der Waals surface area (Å²) in [7, 11) is 0. The normalized spacial score (nSPS) is 17.4. The fourth-order valence-corrected chi connectivity index (χ4v) is 4.98. The van der Waals surface area contributed by atoms with Crippen molar-refractivity contribution < 1.29 is 28.2 Å². The Labute approximate surface area is 204 Å². The summed E-state index contributed by atoms with van der Waals surface area (Å²) in [6.07, 6.45) is 3.28. The van der Waals surface area contributed by atoms with Crippen molar-refractivity contribution in [2.75, 3.05) is 11.5 Å². The van der Waals surface area contributed by atoms with Crippen molar-refractivity contribution in [2.24, 2.45) is 0 Å². The number of furan rings is 1. The van der Waals surface area contributed by atoms with Crippen LogP contribution in [0.25, 0.3) is 16.0 Å². The average molecular weight is 493 g/mol. The van der Waals surface area contributed by atoms with Gasteiger partial charge < -0.3 is 14.3 Å². The van der Waals surface area contributed by atoms with E-state index in [1.165, 1.54) is 29.4 Å². The quantitative estimate of drug-likeness (QED) is 0.151. The highest BCUT2D eigenvalue weighted by Crippen LogP contribution is 2.44. The fraction of sp³-hybridized carbons (Fsp3) is 0.192. The molecule has 5 rings (SSSR count). The standard InChI is InChI=1S/C26H21FN2O5S/c1-2-3-11-33-17-7-4-6-15(13-17)23(30)21-22(19-8-5-12-34-19)29(25(32)24(21)31)26-28-18-10-9-16(27)14-20(18)35-26/h4-10,12-14,22,30H,2-3,11H2,1H3/b23-21+. The Kier molecular flexibility index (Phi) is 6.08. The third-order valence-corrected chi connectivity index (χ3v) is 6.69. The van der Waals surface area contributed by atoms with Crippen molar-refractivity contribution in [3.63, 3.8) is 0 Å². The molecule has 2 aromatic heterocycles. The number of fused-ring (bicyclic) bond motifs is 1. The number of aromatic nitrogens is 1. The van der Waals surface area contributed by atoms with Gasteiger partial charge in [0.1, 0.15) is 29.1 Å². The van der Waals surface area contributed by atoms with Crippen LogP contribution in [0, 0.1) is 5.82 Å². The van der Waals surface area contributed by atoms with E-state index in [-0.39, 0.29) is 22.2 Å². The molecule has 1 saturated heterocycles. The van der Waals surface area contributed by atoms with E-state index in [0.717, 1.165) is 24.2 Å². The minimum absolute atomic E-state index is 0.124. The minimum Gasteiger partial charge on any atom is -0.507 e. The highest BCUT2D eigenvalue weighted by molar-refractivity contribution is 7.22. The molecule has 1 unspecified atom stereocenters. The summed E-state index contributed by atoms with van der Waals surface area (Å²) in [6.45, 7) is 2.58. The number of amides is 1. The third kappa shape index (κ3) is 4.19. The first-order valence-corrected chi connectivity index (χ1v) is 11.9. The maximum absolute atomic E-state index is 13.7. The van der Waals surface area contributed by atoms with Gasteiger partial charge in [-0.05, 0) is 48.9 Å². The Morgan fingerprint density at radius 1 is 1.20 bits per heavy atom. The van der Waals surface area contributed by atoms with E-state index < -0.39 is 23.5 Å². The smallest absolute Gasteiger partial charge is 0.302 e. The summed E-state index contributed by atoms with van der Waals surface area (Å²) in [4.78, 5) is 32.0. The van der Waals surface area contributed by atoms with Gasteiger partial charge in [-0.1, -0.05) is 36.8 Å². The molecule has 0 bridgehead atoms. The Bertz CT molecular complexity index is 1440. The molecular formula is C26H21FN2O5S. The van der Waals surface area contributed by atoms with Gasteiger partial charge in [0.05, 0.1) is 28.7 Å². The summed E-state index contributed by atoms with van der Waals surface area (Å²) in [5.74, 6) is -1.68. The second-order valence-corrected chi connectivity index (χ2v) is 9.03. The predicted molar refractivity (Wildman–Crippen MR) is 130 cm³/mol. The molecule has 0 radical (unpaired) electrons. The lowest BCUT2D eigenvalue weighted by Gasteiger charge is -2.20. The van der Waals surface area contributed by atoms with E-state index in [0.29, 0.717) is 28.1 Å². The van der Waals surface area contributed by atoms with Crippen LogP contribution in [0.2, 0.25) is 0 Å². The molecular weight excluding hydrogens is 471 g/mol. The number of hydrogen-bond donors (Lipinski definition) is 1. The lowest BCUT2D eigenvalue weighted by molar-refractivity contribution is -0.132. The number of nitrogens with zero attached hydrogens (tertiary/aromatic N) is 2. The summed E-state index contributed by atoms with van der Waals surface area (Å²) < 4.78 is 25.5. The van der Waals surface area contributed by atoms with Crippen LogP contribution in [0.1, 0.15) is 37.1 Å². The second-order valence-electron chi connectivity index (χ2n) is 8.02. The number of rotatable bonds is 7. The Balaban J connectivity index is 1.61. The molecule has 0 saturated carbocycles. The van der Waals surface area contributed by atoms with Crippen LogP contribution >= 0.6 is 11.3 Å². The maximum Gasteiger partial charge on any atom is 0.302 e. The number of thiazole rings is 1. The fourth-order valence-electron chi connectivity index (χ4n) is 3.96. The number of benzene rings is 2. The molecule has 7 nitrogen and oxygen atoms in total. The second kappa shape index (κ2) is 9.34. The third-order valence-electron chi connectivity index (χ3n) is 5.68. The number of anilines is 1. The SMILES string of the molecule is CCCCOc1cccc(/C(O)=C2\C(=O)C(=O)N(c3nc4ccc(F)cc4s3)C2c2ccco2)c1. The van der Waals surface area contributed by atoms with Crippen LogP contribution in [0.4, 0.5) is 9.52 Å². The van der Waals surface area contributed by atoms with Crippen LogP contribution in [0.5, 0.6) is 5.75 Å². The molecule has 9 heteroatoms. The Morgan fingerprint density at radius 3 is 2.83 bits per heavy atom. The number of carbonyl (C=O) groups excluding carboxylic acids is 2. The van der Waals surface area contributed by atoms with Gasteiger partial charge in [-0.3, -0.25) is 14.5 Å². The van der Waals surface area contributed by atoms with Gasteiger partial charge in [-0.25, -0.2) is 9.37 Å². The Hall–Kier alpha value is -3.98. The van der Waals surface area contributed by atoms with Gasteiger partial charge in [0.15, 0.2) is 5.13 Å². The van der Waals surface area contributed by atoms with Gasteiger partial charge in [0.25, 0.3) is 5.78 Å². The molecule has 178 valence electrons. The molecule has 1 aliphatic rings. The van der Waals surface area contributed by atoms with E-state index in [9.17, 15) is 19.1 Å². The van der Waals surface area contributed by atoms with Crippen LogP contribution in [-0.2, 0) is 9.59 Å². The van der Waals surface area contributed by atoms with E-state index in [1.807, 2.05) is 0 Å². The van der Waals surface area contributed by atoms with Crippen molar-refractivity contribution in [1.82, 2.24) is 4.98 Å². The number of ketones is 1. The summed E-state index contributed by atoms with van der Waals surface area (Å²) >= 11 is 1.07. The molecule has 1 aliphatic heterocycles. The average Bonchev–Trinajstić information content (AvgIpc) is 3.58. The largest absolute Gasteiger partial charge is 0.507 e. The molecule has 3 heterocycles. The molecule has 1 fully saturated rings. The van der Waals surface area contributed by atoms with Crippen LogP contribution in [-0.4, -0.2) is 28.4 Å². The monoisotopic (exact) mass is 492 g/mol. The molecule has 4 aromatic rings. The number of hydrogen-bond acceptors (Lipinski definition) is 7. The van der Waals surface area contributed by atoms with Gasteiger partial charge in [0.2, 0.25) is 0 Å². The van der Waals surface area contributed by atoms with E-state index in [4.69, 9.17) is 9.15 Å². The van der Waals surface area contributed by atoms with E-state index in [2.05, 4.69) is 11.9 Å². The number of ether oxygens (including phenoxy) is 1. The molecule has 1 atom stereocenters. The number of Topliss-reactive ketones (excluding diaryl/α,β-unsaturated/α-hetero) is 1. The summed E-state index contributed by atoms with van der Waals surface area (Å²) in [5, 5.41) is 11.4. The number of unbranched alkanes of at least 4 members (excludes halogenated alkanes) is 1. The van der Waals surface area contributed by atoms with Crippen molar-refractivity contribution >= 4 is 44.1 Å². The van der Waals surface area contributed by atoms with Crippen molar-refractivity contribution in [1.29, 1.82) is 0 Å². The number of halogens is 1. The first-order valence-electron chi connectivity index (χ1n) is 11.1. The van der Waals surface area contributed by atoms with Gasteiger partial charge in [-0.15, -0.1) is 0 Å².